The summed E-state index contributed by atoms with van der Waals surface area (Å²) >= 11 is 0. The summed E-state index contributed by atoms with van der Waals surface area (Å²) in [5.74, 6) is 1.92. The minimum absolute atomic E-state index is 0.117. The topological polar surface area (TPSA) is 42.0 Å². The molecule has 0 radical (unpaired) electrons. The van der Waals surface area contributed by atoms with Gasteiger partial charge in [0.2, 0.25) is 5.91 Å². The van der Waals surface area contributed by atoms with E-state index in [1.807, 2.05) is 6.07 Å². The summed E-state index contributed by atoms with van der Waals surface area (Å²) in [6.45, 7) is 13.6. The fraction of sp³-hybridized carbons (Fsp3) is 0.741. The number of benzene rings is 1. The lowest BCUT2D eigenvalue weighted by atomic mass is 9.64. The van der Waals surface area contributed by atoms with Crippen molar-refractivity contribution < 1.29 is 14.3 Å². The van der Waals surface area contributed by atoms with Crippen LogP contribution in [0.2, 0.25) is 0 Å². The first kappa shape index (κ1) is 22.2. The Morgan fingerprint density at radius 1 is 1.06 bits per heavy atom. The number of carbonyl (C=O) groups excluding carboxylic acids is 1. The summed E-state index contributed by atoms with van der Waals surface area (Å²) < 4.78 is 13.0. The minimum Gasteiger partial charge on any atom is -0.487 e. The van der Waals surface area contributed by atoms with E-state index in [2.05, 4.69) is 55.7 Å². The van der Waals surface area contributed by atoms with Crippen LogP contribution in [-0.2, 0) is 9.53 Å². The molecule has 1 aromatic carbocycles. The second-order valence-electron chi connectivity index (χ2n) is 11.5. The van der Waals surface area contributed by atoms with Gasteiger partial charge in [0.25, 0.3) is 0 Å². The maximum absolute atomic E-state index is 13.2. The highest BCUT2D eigenvalue weighted by Gasteiger charge is 2.53. The van der Waals surface area contributed by atoms with Crippen LogP contribution in [0.5, 0.6) is 5.75 Å². The van der Waals surface area contributed by atoms with Crippen molar-refractivity contribution in [3.8, 4) is 5.75 Å². The van der Waals surface area contributed by atoms with E-state index in [0.717, 1.165) is 70.6 Å². The van der Waals surface area contributed by atoms with Crippen LogP contribution in [0.15, 0.2) is 24.3 Å². The highest BCUT2D eigenvalue weighted by atomic mass is 16.5. The third-order valence-corrected chi connectivity index (χ3v) is 8.82. The summed E-state index contributed by atoms with van der Waals surface area (Å²) in [5.41, 5.74) is 1.13. The molecule has 0 aromatic heterocycles. The van der Waals surface area contributed by atoms with Crippen LogP contribution in [0.25, 0.3) is 0 Å². The van der Waals surface area contributed by atoms with Crippen molar-refractivity contribution in [2.45, 2.75) is 77.5 Å². The summed E-state index contributed by atoms with van der Waals surface area (Å²) in [4.78, 5) is 17.9. The first-order valence-electron chi connectivity index (χ1n) is 12.7. The molecule has 0 saturated carbocycles. The van der Waals surface area contributed by atoms with Crippen molar-refractivity contribution in [2.24, 2.45) is 17.3 Å². The SMILES string of the molecule is CC(C)N1CCC(C(=O)N2CCC3(CC2)CO[C@@H]2c4ccccc4OC(C)(C)[C@H]2C3)CC1. The van der Waals surface area contributed by atoms with E-state index in [1.165, 1.54) is 5.56 Å². The van der Waals surface area contributed by atoms with Crippen LogP contribution >= 0.6 is 0 Å². The van der Waals surface area contributed by atoms with Gasteiger partial charge in [0.05, 0.1) is 12.7 Å². The normalized spacial score (nSPS) is 30.0. The molecule has 32 heavy (non-hydrogen) atoms. The zero-order valence-corrected chi connectivity index (χ0v) is 20.3. The number of piperidine rings is 2. The standard InChI is InChI=1S/C27H40N2O3/c1-19(2)28-13-9-20(10-14-28)25(30)29-15-11-27(12-16-29)17-22-24(31-18-27)21-7-5-6-8-23(21)32-26(22,3)4/h5-8,19-20,22,24H,9-18H2,1-4H3/t22-,24+/m0/s1. The van der Waals surface area contributed by atoms with Crippen LogP contribution in [0, 0.1) is 17.3 Å². The van der Waals surface area contributed by atoms with Gasteiger partial charge in [-0.1, -0.05) is 18.2 Å². The van der Waals surface area contributed by atoms with E-state index in [-0.39, 0.29) is 23.0 Å². The van der Waals surface area contributed by atoms with Gasteiger partial charge in [0, 0.05) is 36.5 Å². The third-order valence-electron chi connectivity index (χ3n) is 8.82. The molecule has 0 unspecified atom stereocenters. The lowest BCUT2D eigenvalue weighted by Crippen LogP contribution is -2.55. The zero-order chi connectivity index (χ0) is 22.5. The molecule has 176 valence electrons. The molecule has 0 aliphatic carbocycles. The molecule has 5 rings (SSSR count). The Morgan fingerprint density at radius 3 is 2.44 bits per heavy atom. The van der Waals surface area contributed by atoms with Crippen molar-refractivity contribution in [3.05, 3.63) is 29.8 Å². The van der Waals surface area contributed by atoms with Gasteiger partial charge in [-0.2, -0.15) is 0 Å². The number of rotatable bonds is 2. The van der Waals surface area contributed by atoms with Gasteiger partial charge in [-0.25, -0.2) is 0 Å². The van der Waals surface area contributed by atoms with Crippen LogP contribution in [0.3, 0.4) is 0 Å². The molecule has 0 N–H and O–H groups in total. The molecular weight excluding hydrogens is 400 g/mol. The van der Waals surface area contributed by atoms with Crippen LogP contribution in [0.1, 0.15) is 71.5 Å². The van der Waals surface area contributed by atoms with E-state index in [9.17, 15) is 4.79 Å². The maximum atomic E-state index is 13.2. The van der Waals surface area contributed by atoms with Gasteiger partial charge in [0.1, 0.15) is 11.4 Å². The Morgan fingerprint density at radius 2 is 1.75 bits per heavy atom. The van der Waals surface area contributed by atoms with E-state index in [0.29, 0.717) is 17.9 Å². The smallest absolute Gasteiger partial charge is 0.225 e. The third kappa shape index (κ3) is 3.96. The van der Waals surface area contributed by atoms with Gasteiger partial charge < -0.3 is 19.3 Å². The maximum Gasteiger partial charge on any atom is 0.225 e. The highest BCUT2D eigenvalue weighted by Crippen LogP contribution is 2.55. The molecule has 4 heterocycles. The number of nitrogens with zero attached hydrogens (tertiary/aromatic N) is 2. The Hall–Kier alpha value is -1.59. The predicted molar refractivity (Wildman–Crippen MR) is 126 cm³/mol. The molecule has 1 spiro atoms. The van der Waals surface area contributed by atoms with Gasteiger partial charge in [0.15, 0.2) is 0 Å². The van der Waals surface area contributed by atoms with Crippen molar-refractivity contribution >= 4 is 5.91 Å². The highest BCUT2D eigenvalue weighted by molar-refractivity contribution is 5.79. The van der Waals surface area contributed by atoms with Gasteiger partial charge in [-0.05, 0) is 84.4 Å². The van der Waals surface area contributed by atoms with E-state index in [1.54, 1.807) is 0 Å². The number of para-hydroxylation sites is 1. The largest absolute Gasteiger partial charge is 0.487 e. The zero-order valence-electron chi connectivity index (χ0n) is 20.3. The number of hydrogen-bond acceptors (Lipinski definition) is 4. The Balaban J connectivity index is 1.22. The number of ether oxygens (including phenoxy) is 2. The lowest BCUT2D eigenvalue weighted by Gasteiger charge is -2.54. The van der Waals surface area contributed by atoms with Crippen LogP contribution in [-0.4, -0.2) is 60.1 Å². The van der Waals surface area contributed by atoms with Crippen molar-refractivity contribution in [1.29, 1.82) is 0 Å². The number of fused-ring (bicyclic) bond motifs is 3. The fourth-order valence-electron chi connectivity index (χ4n) is 6.57. The number of likely N-dealkylation sites (tertiary alicyclic amines) is 2. The molecule has 3 saturated heterocycles. The molecule has 1 aromatic rings. The quantitative estimate of drug-likeness (QED) is 0.671. The molecule has 4 aliphatic heterocycles. The van der Waals surface area contributed by atoms with Crippen molar-refractivity contribution in [2.75, 3.05) is 32.8 Å². The van der Waals surface area contributed by atoms with Crippen molar-refractivity contribution in [3.63, 3.8) is 0 Å². The number of amides is 1. The second-order valence-corrected chi connectivity index (χ2v) is 11.5. The predicted octanol–water partition coefficient (Wildman–Crippen LogP) is 4.66. The summed E-state index contributed by atoms with van der Waals surface area (Å²) in [6, 6.07) is 8.93. The number of hydrogen-bond donors (Lipinski definition) is 0. The average molecular weight is 441 g/mol. The first-order chi connectivity index (χ1) is 15.3. The Kier molecular flexibility index (Phi) is 5.78. The molecule has 1 amide bonds. The monoisotopic (exact) mass is 440 g/mol. The van der Waals surface area contributed by atoms with Crippen molar-refractivity contribution in [1.82, 2.24) is 9.80 Å². The lowest BCUT2D eigenvalue weighted by molar-refractivity contribution is -0.177. The van der Waals surface area contributed by atoms with E-state index >= 15 is 0 Å². The van der Waals surface area contributed by atoms with E-state index < -0.39 is 0 Å². The van der Waals surface area contributed by atoms with Gasteiger partial charge >= 0.3 is 0 Å². The molecule has 5 heteroatoms. The Labute approximate surface area is 193 Å². The van der Waals surface area contributed by atoms with Gasteiger partial charge in [-0.15, -0.1) is 0 Å². The molecule has 4 aliphatic rings. The average Bonchev–Trinajstić information content (AvgIpc) is 2.79. The first-order valence-corrected chi connectivity index (χ1v) is 12.7. The molecule has 2 atom stereocenters. The summed E-state index contributed by atoms with van der Waals surface area (Å²) in [7, 11) is 0. The fourth-order valence-corrected chi connectivity index (χ4v) is 6.57. The van der Waals surface area contributed by atoms with E-state index in [4.69, 9.17) is 9.47 Å². The summed E-state index contributed by atoms with van der Waals surface area (Å²) in [6.07, 6.45) is 5.35. The van der Waals surface area contributed by atoms with Gasteiger partial charge in [-0.3, -0.25) is 4.79 Å². The molecular formula is C27H40N2O3. The molecule has 0 bridgehead atoms. The number of carbonyl (C=O) groups is 1. The van der Waals surface area contributed by atoms with Crippen LogP contribution in [0.4, 0.5) is 0 Å². The Bertz CT molecular complexity index is 835. The second kappa shape index (κ2) is 8.32. The summed E-state index contributed by atoms with van der Waals surface area (Å²) in [5, 5.41) is 0. The minimum atomic E-state index is -0.246. The van der Waals surface area contributed by atoms with Crippen LogP contribution < -0.4 is 4.74 Å². The molecule has 3 fully saturated rings. The molecule has 5 nitrogen and oxygen atoms in total.